The van der Waals surface area contributed by atoms with Crippen LogP contribution in [-0.4, -0.2) is 24.1 Å². The third-order valence-electron chi connectivity index (χ3n) is 3.87. The fraction of sp³-hybridized carbons (Fsp3) is 0.200. The van der Waals surface area contributed by atoms with Gasteiger partial charge in [-0.25, -0.2) is 0 Å². The van der Waals surface area contributed by atoms with Gasteiger partial charge in [0.15, 0.2) is 12.4 Å². The van der Waals surface area contributed by atoms with Crippen molar-refractivity contribution in [3.63, 3.8) is 0 Å². The molecule has 0 N–H and O–H groups in total. The van der Waals surface area contributed by atoms with Gasteiger partial charge in [-0.2, -0.15) is 0 Å². The third kappa shape index (κ3) is 4.37. The number of furan rings is 1. The molecule has 0 aliphatic heterocycles. The van der Waals surface area contributed by atoms with Crippen LogP contribution in [0.2, 0.25) is 0 Å². The van der Waals surface area contributed by atoms with Crippen LogP contribution in [0.25, 0.3) is 11.0 Å². The number of halogens is 1. The van der Waals surface area contributed by atoms with E-state index in [0.29, 0.717) is 5.58 Å². The van der Waals surface area contributed by atoms with Gasteiger partial charge in [-0.05, 0) is 49.2 Å². The number of carbonyl (C=O) groups is 2. The summed E-state index contributed by atoms with van der Waals surface area (Å²) in [5.74, 6) is -0.435. The Balaban J connectivity index is 1.54. The Labute approximate surface area is 164 Å². The van der Waals surface area contributed by atoms with E-state index in [1.165, 1.54) is 11.8 Å². The molecule has 1 aromatic heterocycles. The predicted octanol–water partition coefficient (Wildman–Crippen LogP) is 5.33. The second kappa shape index (κ2) is 8.10. The molecule has 3 aromatic rings. The monoisotopic (exact) mass is 432 g/mol. The molecule has 0 amide bonds. The quantitative estimate of drug-likeness (QED) is 0.299. The van der Waals surface area contributed by atoms with Gasteiger partial charge in [-0.1, -0.05) is 34.1 Å². The van der Waals surface area contributed by atoms with Crippen LogP contribution in [0.5, 0.6) is 0 Å². The lowest BCUT2D eigenvalue weighted by Gasteiger charge is -2.08. The Morgan fingerprint density at radius 3 is 2.65 bits per heavy atom. The maximum absolute atomic E-state index is 12.1. The van der Waals surface area contributed by atoms with Crippen molar-refractivity contribution < 1.29 is 18.7 Å². The second-order valence-electron chi connectivity index (χ2n) is 5.89. The lowest BCUT2D eigenvalue weighted by molar-refractivity contribution is -0.139. The molecular formula is C20H17BrO4S. The highest BCUT2D eigenvalue weighted by atomic mass is 79.9. The highest BCUT2D eigenvalue weighted by Gasteiger charge is 2.15. The van der Waals surface area contributed by atoms with Gasteiger partial charge in [-0.15, -0.1) is 11.8 Å². The summed E-state index contributed by atoms with van der Waals surface area (Å²) >= 11 is 4.89. The van der Waals surface area contributed by atoms with Crippen molar-refractivity contribution in [1.82, 2.24) is 0 Å². The summed E-state index contributed by atoms with van der Waals surface area (Å²) < 4.78 is 11.6. The molecule has 6 heteroatoms. The Hall–Kier alpha value is -2.05. The number of hydrogen-bond donors (Lipinski definition) is 0. The van der Waals surface area contributed by atoms with Crippen molar-refractivity contribution >= 4 is 50.4 Å². The van der Waals surface area contributed by atoms with Crippen LogP contribution in [-0.2, 0) is 9.53 Å². The van der Waals surface area contributed by atoms with E-state index in [1.54, 1.807) is 12.1 Å². The zero-order valence-electron chi connectivity index (χ0n) is 14.4. The number of para-hydroxylation sites is 1. The van der Waals surface area contributed by atoms with E-state index < -0.39 is 5.97 Å². The molecule has 0 saturated heterocycles. The van der Waals surface area contributed by atoms with Crippen LogP contribution in [0.4, 0.5) is 0 Å². The standard InChI is InChI=1S/C20H17BrO4S/c1-12-8-19(13(2)7-15(12)21)26-11-20(23)24-10-16(22)18-9-14-5-3-4-6-17(14)25-18/h3-9H,10-11H2,1-2H3. The highest BCUT2D eigenvalue weighted by molar-refractivity contribution is 9.10. The lowest BCUT2D eigenvalue weighted by atomic mass is 10.2. The second-order valence-corrected chi connectivity index (χ2v) is 7.76. The molecule has 0 bridgehead atoms. The molecule has 0 unspecified atom stereocenters. The normalized spacial score (nSPS) is 10.9. The van der Waals surface area contributed by atoms with Gasteiger partial charge in [0.2, 0.25) is 5.78 Å². The number of esters is 1. The number of ketones is 1. The minimum absolute atomic E-state index is 0.148. The van der Waals surface area contributed by atoms with E-state index in [4.69, 9.17) is 9.15 Å². The average Bonchev–Trinajstić information content (AvgIpc) is 3.06. The topological polar surface area (TPSA) is 56.5 Å². The molecule has 1 heterocycles. The maximum Gasteiger partial charge on any atom is 0.316 e. The number of thioether (sulfide) groups is 1. The first-order chi connectivity index (χ1) is 12.4. The zero-order valence-corrected chi connectivity index (χ0v) is 16.8. The average molecular weight is 433 g/mol. The SMILES string of the molecule is Cc1cc(SCC(=O)OCC(=O)c2cc3ccccc3o2)c(C)cc1Br. The summed E-state index contributed by atoms with van der Waals surface area (Å²) in [6, 6.07) is 13.1. The molecule has 0 spiro atoms. The summed E-state index contributed by atoms with van der Waals surface area (Å²) in [7, 11) is 0. The molecule has 0 radical (unpaired) electrons. The number of hydrogen-bond acceptors (Lipinski definition) is 5. The van der Waals surface area contributed by atoms with E-state index in [9.17, 15) is 9.59 Å². The number of fused-ring (bicyclic) bond motifs is 1. The molecule has 2 aromatic carbocycles. The van der Waals surface area contributed by atoms with Gasteiger partial charge in [0, 0.05) is 14.8 Å². The maximum atomic E-state index is 12.1. The summed E-state index contributed by atoms with van der Waals surface area (Å²) in [4.78, 5) is 25.1. The van der Waals surface area contributed by atoms with Gasteiger partial charge >= 0.3 is 5.97 Å². The first kappa shape index (κ1) is 18.7. The smallest absolute Gasteiger partial charge is 0.316 e. The Kier molecular flexibility index (Phi) is 5.84. The van der Waals surface area contributed by atoms with Crippen LogP contribution in [0.1, 0.15) is 21.7 Å². The van der Waals surface area contributed by atoms with Crippen molar-refractivity contribution in [3.8, 4) is 0 Å². The van der Waals surface area contributed by atoms with Crippen molar-refractivity contribution in [2.24, 2.45) is 0 Å². The van der Waals surface area contributed by atoms with Crippen LogP contribution < -0.4 is 0 Å². The molecule has 0 fully saturated rings. The Bertz CT molecular complexity index is 944. The first-order valence-electron chi connectivity index (χ1n) is 8.01. The predicted molar refractivity (Wildman–Crippen MR) is 106 cm³/mol. The van der Waals surface area contributed by atoms with Gasteiger partial charge in [0.05, 0.1) is 5.75 Å². The first-order valence-corrected chi connectivity index (χ1v) is 9.79. The molecule has 3 rings (SSSR count). The molecule has 0 atom stereocenters. The van der Waals surface area contributed by atoms with E-state index in [1.807, 2.05) is 44.2 Å². The third-order valence-corrected chi connectivity index (χ3v) is 5.85. The number of benzene rings is 2. The summed E-state index contributed by atoms with van der Waals surface area (Å²) in [5, 5.41) is 0.846. The minimum atomic E-state index is -0.431. The van der Waals surface area contributed by atoms with Crippen LogP contribution in [0, 0.1) is 13.8 Å². The van der Waals surface area contributed by atoms with Crippen molar-refractivity contribution in [2.75, 3.05) is 12.4 Å². The Morgan fingerprint density at radius 1 is 1.12 bits per heavy atom. The van der Waals surface area contributed by atoms with E-state index in [-0.39, 0.29) is 23.9 Å². The zero-order chi connectivity index (χ0) is 18.7. The fourth-order valence-corrected chi connectivity index (χ4v) is 3.79. The van der Waals surface area contributed by atoms with Crippen molar-refractivity contribution in [2.45, 2.75) is 18.7 Å². The largest absolute Gasteiger partial charge is 0.457 e. The number of rotatable bonds is 6. The van der Waals surface area contributed by atoms with E-state index >= 15 is 0 Å². The number of ether oxygens (including phenoxy) is 1. The van der Waals surface area contributed by atoms with Crippen LogP contribution >= 0.6 is 27.7 Å². The Morgan fingerprint density at radius 2 is 1.88 bits per heavy atom. The van der Waals surface area contributed by atoms with E-state index in [2.05, 4.69) is 15.9 Å². The number of aryl methyl sites for hydroxylation is 2. The number of Topliss-reactive ketones (excluding diaryl/α,β-unsaturated/α-hetero) is 1. The molecule has 26 heavy (non-hydrogen) atoms. The summed E-state index contributed by atoms with van der Waals surface area (Å²) in [6.07, 6.45) is 0. The summed E-state index contributed by atoms with van der Waals surface area (Å²) in [5.41, 5.74) is 2.82. The van der Waals surface area contributed by atoms with Gasteiger partial charge in [-0.3, -0.25) is 9.59 Å². The molecule has 0 saturated carbocycles. The van der Waals surface area contributed by atoms with Crippen molar-refractivity contribution in [3.05, 3.63) is 63.8 Å². The van der Waals surface area contributed by atoms with E-state index in [0.717, 1.165) is 25.9 Å². The van der Waals surface area contributed by atoms with Crippen LogP contribution in [0.15, 0.2) is 56.2 Å². The number of carbonyl (C=O) groups excluding carboxylic acids is 2. The molecule has 134 valence electrons. The lowest BCUT2D eigenvalue weighted by Crippen LogP contribution is -2.15. The van der Waals surface area contributed by atoms with Gasteiger partial charge in [0.25, 0.3) is 0 Å². The summed E-state index contributed by atoms with van der Waals surface area (Å²) in [6.45, 7) is 3.67. The fourth-order valence-electron chi connectivity index (χ4n) is 2.42. The molecule has 4 nitrogen and oxygen atoms in total. The molecule has 0 aliphatic rings. The minimum Gasteiger partial charge on any atom is -0.457 e. The molecular weight excluding hydrogens is 416 g/mol. The van der Waals surface area contributed by atoms with Gasteiger partial charge < -0.3 is 9.15 Å². The van der Waals surface area contributed by atoms with Crippen molar-refractivity contribution in [1.29, 1.82) is 0 Å². The highest BCUT2D eigenvalue weighted by Crippen LogP contribution is 2.28. The van der Waals surface area contributed by atoms with Crippen LogP contribution in [0.3, 0.4) is 0 Å². The van der Waals surface area contributed by atoms with Gasteiger partial charge in [0.1, 0.15) is 5.58 Å². The molecule has 0 aliphatic carbocycles.